The minimum absolute atomic E-state index is 0. The number of ether oxygens (including phenoxy) is 1. The van der Waals surface area contributed by atoms with E-state index in [1.54, 1.807) is 12.2 Å². The molecule has 0 saturated carbocycles. The molecule has 15 N–H and O–H groups in total. The fourth-order valence-corrected chi connectivity index (χ4v) is 7.61. The molecular weight excluding hydrogens is 1170 g/mol. The molecule has 1 saturated heterocycles. The number of hydrogen-bond donors (Lipinski definition) is 15. The molecule has 0 bridgehead atoms. The minimum Gasteiger partial charge on any atom is -0.462 e. The number of hydroxylamine groups is 6. The monoisotopic (exact) mass is 1260 g/mol. The third kappa shape index (κ3) is 31.9. The zero-order valence-corrected chi connectivity index (χ0v) is 49.8. The van der Waals surface area contributed by atoms with E-state index in [-0.39, 0.29) is 81.6 Å². The van der Waals surface area contributed by atoms with Crippen molar-refractivity contribution in [2.24, 2.45) is 5.92 Å². The SMILES string of the molecule is CCCCCC/C=C/CC(=O)N[C@H]1COC(=O)CNC(=O)[C@H](CCCN(O)C(C)=O)NC(=O)CNC(=O)[C@H](CO)NC(=O)[C@H](CCCN(O)C(C)=O)NC(=O)[C@H](CO)NC(=O)[C@H](C(C)C)NC(=O)CNC(=O)[C@H](CCCN(O)C(C)=O)NC1=O.[Fe]. The van der Waals surface area contributed by atoms with Crippen LogP contribution in [-0.2, 0) is 88.9 Å². The molecule has 0 aromatic heterocycles. The van der Waals surface area contributed by atoms with E-state index in [1.165, 1.54) is 13.8 Å². The van der Waals surface area contributed by atoms with Crippen LogP contribution in [0.4, 0.5) is 0 Å². The molecule has 0 unspecified atom stereocenters. The van der Waals surface area contributed by atoms with E-state index in [0.29, 0.717) is 21.6 Å². The topological polar surface area (TPSA) is 479 Å². The maximum Gasteiger partial charge on any atom is 0.325 e. The number of aliphatic hydroxyl groups excluding tert-OH is 2. The van der Waals surface area contributed by atoms with E-state index < -0.39 is 170 Å². The Morgan fingerprint density at radius 1 is 0.541 bits per heavy atom. The van der Waals surface area contributed by atoms with Gasteiger partial charge in [0.1, 0.15) is 55.4 Å². The van der Waals surface area contributed by atoms with Gasteiger partial charge in [-0.25, -0.2) is 15.2 Å². The number of rotatable bonds is 23. The number of hydrogen-bond acceptors (Lipinski definition) is 20. The molecule has 482 valence electrons. The summed E-state index contributed by atoms with van der Waals surface area (Å²) >= 11 is 0. The Hall–Kier alpha value is -7.36. The second-order valence-electron chi connectivity index (χ2n) is 19.9. The molecule has 0 spiro atoms. The van der Waals surface area contributed by atoms with E-state index in [4.69, 9.17) is 4.74 Å². The molecule has 1 rings (SSSR count). The average Bonchev–Trinajstić information content (AvgIpc) is 3.57. The van der Waals surface area contributed by atoms with Gasteiger partial charge in [-0.05, 0) is 57.3 Å². The number of carbonyl (C=O) groups excluding carboxylic acids is 14. The Balaban J connectivity index is 0.0000706. The van der Waals surface area contributed by atoms with Crippen molar-refractivity contribution in [3.05, 3.63) is 12.2 Å². The normalized spacial score (nSPS) is 21.5. The number of esters is 1. The summed E-state index contributed by atoms with van der Waals surface area (Å²) in [6, 6.07) is -11.7. The van der Waals surface area contributed by atoms with Gasteiger partial charge in [0.15, 0.2) is 0 Å². The summed E-state index contributed by atoms with van der Waals surface area (Å²) < 4.78 is 5.28. The second-order valence-corrected chi connectivity index (χ2v) is 19.9. The molecule has 0 aromatic carbocycles. The van der Waals surface area contributed by atoms with Crippen LogP contribution in [0.15, 0.2) is 12.2 Å². The van der Waals surface area contributed by atoms with E-state index >= 15 is 0 Å². The van der Waals surface area contributed by atoms with Gasteiger partial charge in [-0.3, -0.25) is 82.7 Å². The van der Waals surface area contributed by atoms with Gasteiger partial charge in [0.25, 0.3) is 0 Å². The number of nitrogens with one attached hydrogen (secondary N) is 10. The van der Waals surface area contributed by atoms with Crippen LogP contribution in [0.1, 0.15) is 119 Å². The van der Waals surface area contributed by atoms with Crippen LogP contribution in [0.25, 0.3) is 0 Å². The molecule has 34 heteroatoms. The van der Waals surface area contributed by atoms with Gasteiger partial charge < -0.3 is 68.1 Å². The van der Waals surface area contributed by atoms with E-state index in [0.717, 1.165) is 46.5 Å². The summed E-state index contributed by atoms with van der Waals surface area (Å²) in [6.07, 6.45) is 6.09. The standard InChI is InChI=1S/C51H85N13O20.Fe/c1-7-8-9-10-11-12-13-20-40(70)56-39-29-84-43(73)26-54-45(74)34(17-14-21-62(81)31(4)67)55-41(71)24-53-47(76)37(27-65)59-48(77)36(19-16-23-64(83)33(6)69)58-49(78)38(28-66)60-51(80)44(30(2)3)61-42(72)25-52-46(75)35(57-50(39)79)18-15-22-63(82)32(5)68;/h12-13,30,34-39,44,65-66,81-83H,7-11,14-29H2,1-6H3,(H,52,75)(H,53,76)(H,54,74)(H,55,71)(H,56,70)(H,57,79)(H,58,78)(H,59,77)(H,60,80)(H,61,72);/b13-12+;/t34-,35-,36-,37-,38-,39-,44-;/m0./s1. The maximum absolute atomic E-state index is 14.0. The number of allylic oxidation sites excluding steroid dienone is 1. The van der Waals surface area contributed by atoms with E-state index in [2.05, 4.69) is 60.1 Å². The molecule has 13 amide bonds. The molecule has 0 aromatic rings. The first-order chi connectivity index (χ1) is 39.6. The third-order valence-electron chi connectivity index (χ3n) is 12.5. The predicted octanol–water partition coefficient (Wildman–Crippen LogP) is -5.11. The molecule has 1 aliphatic rings. The van der Waals surface area contributed by atoms with Crippen LogP contribution in [0.3, 0.4) is 0 Å². The van der Waals surface area contributed by atoms with Crippen molar-refractivity contribution < 1.29 is 115 Å². The predicted molar refractivity (Wildman–Crippen MR) is 290 cm³/mol. The summed E-state index contributed by atoms with van der Waals surface area (Å²) in [5.74, 6) is -14.8. The molecule has 1 fully saturated rings. The van der Waals surface area contributed by atoms with Gasteiger partial charge >= 0.3 is 5.97 Å². The molecule has 0 aliphatic carbocycles. The Kier molecular flexibility index (Phi) is 38.8. The summed E-state index contributed by atoms with van der Waals surface area (Å²) in [5, 5.41) is 74.2. The molecular formula is C51H85FeN13O20. The number of unbranched alkanes of at least 4 members (excludes halogenated alkanes) is 4. The van der Waals surface area contributed by atoms with Gasteiger partial charge in [-0.15, -0.1) is 0 Å². The van der Waals surface area contributed by atoms with E-state index in [9.17, 15) is 93.0 Å². The van der Waals surface area contributed by atoms with Crippen LogP contribution in [0, 0.1) is 5.92 Å². The van der Waals surface area contributed by atoms with Crippen molar-refractivity contribution in [2.45, 2.75) is 161 Å². The van der Waals surface area contributed by atoms with Crippen LogP contribution in [0.5, 0.6) is 0 Å². The summed E-state index contributed by atoms with van der Waals surface area (Å²) in [5.41, 5.74) is 0. The summed E-state index contributed by atoms with van der Waals surface area (Å²) in [4.78, 5) is 184. The molecule has 7 atom stereocenters. The number of aliphatic hydroxyl groups is 2. The van der Waals surface area contributed by atoms with Gasteiger partial charge in [-0.1, -0.05) is 52.2 Å². The fraction of sp³-hybridized carbons (Fsp3) is 0.686. The molecule has 0 radical (unpaired) electrons. The molecule has 1 heterocycles. The first kappa shape index (κ1) is 77.6. The van der Waals surface area contributed by atoms with Crippen molar-refractivity contribution in [1.29, 1.82) is 0 Å². The van der Waals surface area contributed by atoms with Crippen molar-refractivity contribution in [3.63, 3.8) is 0 Å². The van der Waals surface area contributed by atoms with Gasteiger partial charge in [0, 0.05) is 63.9 Å². The first-order valence-corrected chi connectivity index (χ1v) is 27.5. The average molecular weight is 1260 g/mol. The van der Waals surface area contributed by atoms with Crippen LogP contribution >= 0.6 is 0 Å². The number of nitrogens with zero attached hydrogens (tertiary/aromatic N) is 3. The quantitative estimate of drug-likeness (QED) is 0.0114. The number of amides is 13. The van der Waals surface area contributed by atoms with Crippen molar-refractivity contribution >= 4 is 82.8 Å². The van der Waals surface area contributed by atoms with Crippen molar-refractivity contribution in [2.75, 3.05) is 59.1 Å². The molecule has 33 nitrogen and oxygen atoms in total. The third-order valence-corrected chi connectivity index (χ3v) is 12.5. The Bertz CT molecular complexity index is 2300. The second kappa shape index (κ2) is 42.4. The largest absolute Gasteiger partial charge is 0.462 e. The van der Waals surface area contributed by atoms with Crippen molar-refractivity contribution in [3.8, 4) is 0 Å². The van der Waals surface area contributed by atoms with E-state index in [1.807, 2.05) is 0 Å². The summed E-state index contributed by atoms with van der Waals surface area (Å²) in [6.45, 7) is 1.27. The molecule has 1 aliphatic heterocycles. The Morgan fingerprint density at radius 2 is 0.953 bits per heavy atom. The Labute approximate surface area is 502 Å². The summed E-state index contributed by atoms with van der Waals surface area (Å²) in [7, 11) is 0. The van der Waals surface area contributed by atoms with Gasteiger partial charge in [0.05, 0.1) is 26.3 Å². The number of cyclic esters (lactones) is 1. The van der Waals surface area contributed by atoms with Crippen LogP contribution < -0.4 is 53.2 Å². The minimum atomic E-state index is -1.84. The fourth-order valence-electron chi connectivity index (χ4n) is 7.61. The molecule has 85 heavy (non-hydrogen) atoms. The van der Waals surface area contributed by atoms with Crippen LogP contribution in [-0.4, -0.2) is 225 Å². The Morgan fingerprint density at radius 3 is 1.44 bits per heavy atom. The maximum atomic E-state index is 14.0. The zero-order valence-electron chi connectivity index (χ0n) is 48.7. The van der Waals surface area contributed by atoms with Crippen LogP contribution in [0.2, 0.25) is 0 Å². The van der Waals surface area contributed by atoms with Crippen molar-refractivity contribution in [1.82, 2.24) is 68.4 Å². The zero-order chi connectivity index (χ0) is 63.5. The van der Waals surface area contributed by atoms with Gasteiger partial charge in [-0.2, -0.15) is 0 Å². The number of carbonyl (C=O) groups is 14. The smallest absolute Gasteiger partial charge is 0.325 e. The van der Waals surface area contributed by atoms with Gasteiger partial charge in [0.2, 0.25) is 76.8 Å². The first-order valence-electron chi connectivity index (χ1n) is 27.5.